The molecule has 202 valence electrons. The minimum atomic E-state index is -1.75. The first-order valence-electron chi connectivity index (χ1n) is 11.6. The van der Waals surface area contributed by atoms with E-state index in [2.05, 4.69) is 96.0 Å². The summed E-state index contributed by atoms with van der Waals surface area (Å²) in [6.07, 6.45) is 0. The zero-order chi connectivity index (χ0) is 29.1. The molecule has 6 aromatic rings. The van der Waals surface area contributed by atoms with E-state index in [1.54, 1.807) is 0 Å². The lowest BCUT2D eigenvalue weighted by Gasteiger charge is -2.15. The average Bonchev–Trinajstić information content (AvgIpc) is 2.90. The van der Waals surface area contributed by atoms with Crippen molar-refractivity contribution in [3.63, 3.8) is 0 Å². The van der Waals surface area contributed by atoms with Crippen LogP contribution in [0.3, 0.4) is 0 Å². The Hall–Kier alpha value is -4.80. The minimum Gasteiger partial charge on any atom is -0.356 e. The van der Waals surface area contributed by atoms with E-state index in [1.807, 2.05) is 12.1 Å². The third-order valence-electron chi connectivity index (χ3n) is 6.50. The van der Waals surface area contributed by atoms with Gasteiger partial charge in [0.05, 0.1) is 31.7 Å². The molecule has 0 N–H and O–H groups in total. The van der Waals surface area contributed by atoms with Crippen LogP contribution >= 0.6 is 23.2 Å². The van der Waals surface area contributed by atoms with Crippen molar-refractivity contribution >= 4 is 66.8 Å². The Bertz CT molecular complexity index is 1800. The lowest BCUT2D eigenvalue weighted by Crippen LogP contribution is -2.31. The Morgan fingerprint density at radius 3 is 1.18 bits per heavy atom. The van der Waals surface area contributed by atoms with Crippen LogP contribution in [0.15, 0.2) is 84.9 Å². The van der Waals surface area contributed by atoms with Gasteiger partial charge in [0, 0.05) is 45.4 Å². The number of fused-ring (bicyclic) bond motifs is 4. The van der Waals surface area contributed by atoms with E-state index in [1.165, 1.54) is 32.9 Å². The number of nitrogens with zero attached hydrogens (tertiary/aromatic N) is 4. The average molecular weight is 579 g/mol. The molecule has 0 aliphatic rings. The molecular weight excluding hydrogens is 559 g/mol. The molecule has 0 bridgehead atoms. The number of aromatic nitrogens is 2. The van der Waals surface area contributed by atoms with E-state index in [-0.39, 0.29) is 0 Å². The van der Waals surface area contributed by atoms with Crippen molar-refractivity contribution < 1.29 is 19.3 Å². The first-order valence-corrected chi connectivity index (χ1v) is 12.4. The zero-order valence-electron chi connectivity index (χ0n) is 21.1. The fourth-order valence-corrected chi connectivity index (χ4v) is 5.39. The van der Waals surface area contributed by atoms with Gasteiger partial charge in [-0.25, -0.2) is 0 Å². The number of aryl methyl sites for hydroxylation is 2. The summed E-state index contributed by atoms with van der Waals surface area (Å²) in [5.74, 6) is 0. The maximum Gasteiger partial charge on any atom is 0.213 e. The number of para-hydroxylation sites is 2. The van der Waals surface area contributed by atoms with Crippen LogP contribution in [0.25, 0.3) is 54.7 Å². The van der Waals surface area contributed by atoms with E-state index in [0.29, 0.717) is 0 Å². The van der Waals surface area contributed by atoms with E-state index >= 15 is 0 Å². The molecule has 2 aromatic heterocycles. The minimum absolute atomic E-state index is 0.724. The first-order chi connectivity index (χ1) is 19.0. The van der Waals surface area contributed by atoms with Gasteiger partial charge in [-0.15, -0.1) is 0 Å². The predicted octanol–water partition coefficient (Wildman–Crippen LogP) is 6.44. The molecule has 2 heterocycles. The molecule has 0 spiro atoms. The summed E-state index contributed by atoms with van der Waals surface area (Å²) < 4.78 is 4.48. The van der Waals surface area contributed by atoms with Gasteiger partial charge in [0.25, 0.3) is 0 Å². The Labute approximate surface area is 236 Å². The van der Waals surface area contributed by atoms with Crippen molar-refractivity contribution in [3.05, 3.63) is 126 Å². The van der Waals surface area contributed by atoms with Crippen molar-refractivity contribution in [2.45, 2.75) is 0 Å². The fourth-order valence-electron chi connectivity index (χ4n) is 5.05. The van der Waals surface area contributed by atoms with Crippen LogP contribution in [0.5, 0.6) is 0 Å². The lowest BCUT2D eigenvalue weighted by atomic mass is 9.90. The van der Waals surface area contributed by atoms with Gasteiger partial charge in [0.15, 0.2) is 0 Å². The van der Waals surface area contributed by atoms with Crippen molar-refractivity contribution in [1.29, 1.82) is 0 Å². The van der Waals surface area contributed by atoms with Gasteiger partial charge in [-0.3, -0.25) is 0 Å². The van der Waals surface area contributed by atoms with Crippen LogP contribution in [-0.2, 0) is 14.1 Å². The van der Waals surface area contributed by atoms with E-state index in [4.69, 9.17) is 53.8 Å². The van der Waals surface area contributed by atoms with Gasteiger partial charge < -0.3 is 30.6 Å². The third kappa shape index (κ3) is 5.49. The van der Waals surface area contributed by atoms with E-state index in [9.17, 15) is 0 Å². The Balaban J connectivity index is 0.000000412. The summed E-state index contributed by atoms with van der Waals surface area (Å²) in [7, 11) is 4.22. The summed E-state index contributed by atoms with van der Waals surface area (Å²) in [5, 5.41) is 35.6. The van der Waals surface area contributed by atoms with Gasteiger partial charge in [0.1, 0.15) is 14.1 Å². The maximum absolute atomic E-state index is 8.25. The highest BCUT2D eigenvalue weighted by Gasteiger charge is 2.25. The standard InChI is InChI=1S/C28H20Cl2N2.2NO3/c1-31-23-9-5-3-7-19(23)27(21-15-17(29)11-13-25(21)31)28-20-8-4-6-10-24(20)32(2)26-14-12-18(30)16-22(26)28;2*2-1(3)4/h3-16H,1-2H3;;/q+2;2*-1. The Kier molecular flexibility index (Phi) is 8.13. The number of rotatable bonds is 1. The molecule has 12 heteroatoms. The van der Waals surface area contributed by atoms with Crippen molar-refractivity contribution in [2.75, 3.05) is 0 Å². The smallest absolute Gasteiger partial charge is 0.213 e. The third-order valence-corrected chi connectivity index (χ3v) is 6.97. The highest BCUT2D eigenvalue weighted by atomic mass is 35.5. The first kappa shape index (κ1) is 28.2. The molecule has 10 nitrogen and oxygen atoms in total. The molecule has 40 heavy (non-hydrogen) atoms. The zero-order valence-corrected chi connectivity index (χ0v) is 22.6. The highest BCUT2D eigenvalue weighted by Crippen LogP contribution is 2.42. The topological polar surface area (TPSA) is 140 Å². The van der Waals surface area contributed by atoms with Crippen molar-refractivity contribution in [2.24, 2.45) is 14.1 Å². The second-order valence-corrected chi connectivity index (χ2v) is 9.55. The van der Waals surface area contributed by atoms with Crippen LogP contribution in [0.1, 0.15) is 0 Å². The highest BCUT2D eigenvalue weighted by molar-refractivity contribution is 6.33. The van der Waals surface area contributed by atoms with Gasteiger partial charge in [-0.1, -0.05) is 47.5 Å². The second kappa shape index (κ2) is 11.5. The summed E-state index contributed by atoms with van der Waals surface area (Å²) in [6, 6.07) is 29.4. The molecule has 6 rings (SSSR count). The number of benzene rings is 4. The predicted molar refractivity (Wildman–Crippen MR) is 155 cm³/mol. The molecular formula is C28H20Cl2N4O6. The number of hydrogen-bond acceptors (Lipinski definition) is 6. The Morgan fingerprint density at radius 2 is 0.825 bits per heavy atom. The van der Waals surface area contributed by atoms with Crippen molar-refractivity contribution in [3.8, 4) is 11.1 Å². The second-order valence-electron chi connectivity index (χ2n) is 8.67. The normalized spacial score (nSPS) is 10.6. The molecule has 0 aliphatic heterocycles. The lowest BCUT2D eigenvalue weighted by molar-refractivity contribution is -0.617. The number of halogens is 2. The monoisotopic (exact) mass is 578 g/mol. The number of hydrogen-bond donors (Lipinski definition) is 0. The fraction of sp³-hybridized carbons (Fsp3) is 0.0714. The Morgan fingerprint density at radius 1 is 0.525 bits per heavy atom. The van der Waals surface area contributed by atoms with Crippen LogP contribution in [0.4, 0.5) is 0 Å². The van der Waals surface area contributed by atoms with Gasteiger partial charge in [0.2, 0.25) is 22.1 Å². The molecule has 0 aliphatic carbocycles. The summed E-state index contributed by atoms with van der Waals surface area (Å²) in [5.41, 5.74) is 6.97. The summed E-state index contributed by atoms with van der Waals surface area (Å²) in [6.45, 7) is 0. The molecule has 0 atom stereocenters. The molecule has 4 aromatic carbocycles. The summed E-state index contributed by atoms with van der Waals surface area (Å²) >= 11 is 13.1. The summed E-state index contributed by atoms with van der Waals surface area (Å²) in [4.78, 5) is 16.5. The maximum atomic E-state index is 8.25. The van der Waals surface area contributed by atoms with Crippen molar-refractivity contribution in [1.82, 2.24) is 0 Å². The van der Waals surface area contributed by atoms with Gasteiger partial charge in [-0.2, -0.15) is 9.13 Å². The van der Waals surface area contributed by atoms with Crippen LogP contribution in [0.2, 0.25) is 10.0 Å². The molecule has 0 radical (unpaired) electrons. The van der Waals surface area contributed by atoms with Gasteiger partial charge >= 0.3 is 0 Å². The number of pyridine rings is 2. The van der Waals surface area contributed by atoms with Gasteiger partial charge in [-0.05, 0) is 36.4 Å². The van der Waals surface area contributed by atoms with Crippen LogP contribution < -0.4 is 9.13 Å². The molecule has 0 unspecified atom stereocenters. The molecule has 0 amide bonds. The van der Waals surface area contributed by atoms with Crippen LogP contribution in [0, 0.1) is 30.6 Å². The van der Waals surface area contributed by atoms with Crippen LogP contribution in [-0.4, -0.2) is 10.2 Å². The largest absolute Gasteiger partial charge is 0.356 e. The van der Waals surface area contributed by atoms with E-state index in [0.717, 1.165) is 31.9 Å². The van der Waals surface area contributed by atoms with E-state index < -0.39 is 10.2 Å². The molecule has 0 saturated heterocycles. The molecule has 0 saturated carbocycles. The molecule has 0 fully saturated rings. The quantitative estimate of drug-likeness (QED) is 0.0950. The SMILES string of the molecule is C[n+]1c2ccccc2c(-c2c3ccccc3[n+](C)c3ccc(Cl)cc23)c2cc(Cl)ccc21.O=[N+]([O-])[O-].O=[N+]([O-])[O-].